The smallest absolute Gasteiger partial charge is 0.320 e. The standard InChI is InChI=1S/C15H27N3O2/c1-5-9-17(12-15(19)20-7-3)11-14-8-10-18(16-14)13(4)6-2/h8,10,13H,5-7,9,11-12H2,1-4H3. The second kappa shape index (κ2) is 8.74. The molecule has 0 aliphatic heterocycles. The van der Waals surface area contributed by atoms with E-state index in [1.54, 1.807) is 0 Å². The van der Waals surface area contributed by atoms with Crippen LogP contribution in [0.4, 0.5) is 0 Å². The normalized spacial score (nSPS) is 12.7. The lowest BCUT2D eigenvalue weighted by Crippen LogP contribution is -2.31. The molecule has 1 unspecified atom stereocenters. The van der Waals surface area contributed by atoms with Gasteiger partial charge in [-0.15, -0.1) is 0 Å². The van der Waals surface area contributed by atoms with Gasteiger partial charge in [0.05, 0.1) is 18.8 Å². The van der Waals surface area contributed by atoms with Crippen LogP contribution >= 0.6 is 0 Å². The third-order valence-corrected chi connectivity index (χ3v) is 3.29. The Hall–Kier alpha value is -1.36. The van der Waals surface area contributed by atoms with Gasteiger partial charge in [-0.2, -0.15) is 5.10 Å². The lowest BCUT2D eigenvalue weighted by Gasteiger charge is -2.19. The highest BCUT2D eigenvalue weighted by Crippen LogP contribution is 2.10. The van der Waals surface area contributed by atoms with Crippen molar-refractivity contribution < 1.29 is 9.53 Å². The first-order chi connectivity index (χ1) is 9.60. The van der Waals surface area contributed by atoms with Crippen LogP contribution in [0.1, 0.15) is 52.3 Å². The molecule has 0 bridgehead atoms. The summed E-state index contributed by atoms with van der Waals surface area (Å²) in [7, 11) is 0. The fraction of sp³-hybridized carbons (Fsp3) is 0.733. The molecule has 0 amide bonds. The molecule has 0 aliphatic rings. The molecule has 0 aliphatic carbocycles. The maximum Gasteiger partial charge on any atom is 0.320 e. The number of nitrogens with zero attached hydrogens (tertiary/aromatic N) is 3. The van der Waals surface area contributed by atoms with Crippen molar-refractivity contribution >= 4 is 5.97 Å². The Bertz CT molecular complexity index is 404. The van der Waals surface area contributed by atoms with Crippen LogP contribution in [0.5, 0.6) is 0 Å². The molecule has 0 fully saturated rings. The number of aromatic nitrogens is 2. The van der Waals surface area contributed by atoms with Crippen LogP contribution < -0.4 is 0 Å². The van der Waals surface area contributed by atoms with Crippen LogP contribution in [-0.2, 0) is 16.1 Å². The maximum atomic E-state index is 11.6. The Morgan fingerprint density at radius 3 is 2.80 bits per heavy atom. The quantitative estimate of drug-likeness (QED) is 0.653. The van der Waals surface area contributed by atoms with Crippen LogP contribution in [-0.4, -0.2) is 40.3 Å². The Balaban J connectivity index is 2.60. The van der Waals surface area contributed by atoms with E-state index in [-0.39, 0.29) is 5.97 Å². The monoisotopic (exact) mass is 281 g/mol. The summed E-state index contributed by atoms with van der Waals surface area (Å²) < 4.78 is 7.00. The van der Waals surface area contributed by atoms with Crippen LogP contribution in [0, 0.1) is 0 Å². The van der Waals surface area contributed by atoms with Crippen LogP contribution in [0.2, 0.25) is 0 Å². The average Bonchev–Trinajstić information content (AvgIpc) is 2.87. The number of carbonyl (C=O) groups is 1. The minimum atomic E-state index is -0.165. The van der Waals surface area contributed by atoms with E-state index in [0.29, 0.717) is 25.7 Å². The van der Waals surface area contributed by atoms with Gasteiger partial charge in [0.1, 0.15) is 0 Å². The van der Waals surface area contributed by atoms with Gasteiger partial charge in [-0.25, -0.2) is 0 Å². The minimum Gasteiger partial charge on any atom is -0.465 e. The summed E-state index contributed by atoms with van der Waals surface area (Å²) in [5.74, 6) is -0.165. The molecule has 0 aromatic carbocycles. The second-order valence-corrected chi connectivity index (χ2v) is 5.06. The molecule has 1 aromatic rings. The molecule has 20 heavy (non-hydrogen) atoms. The van der Waals surface area contributed by atoms with Crippen molar-refractivity contribution in [3.8, 4) is 0 Å². The summed E-state index contributed by atoms with van der Waals surface area (Å²) >= 11 is 0. The van der Waals surface area contributed by atoms with E-state index in [9.17, 15) is 4.79 Å². The number of hydrogen-bond donors (Lipinski definition) is 0. The lowest BCUT2D eigenvalue weighted by molar-refractivity contribution is -0.144. The summed E-state index contributed by atoms with van der Waals surface area (Å²) in [5, 5.41) is 4.58. The van der Waals surface area contributed by atoms with Crippen molar-refractivity contribution in [2.24, 2.45) is 0 Å². The number of esters is 1. The molecule has 1 rings (SSSR count). The van der Waals surface area contributed by atoms with Crippen LogP contribution in [0.3, 0.4) is 0 Å². The van der Waals surface area contributed by atoms with Gasteiger partial charge < -0.3 is 4.74 Å². The highest BCUT2D eigenvalue weighted by atomic mass is 16.5. The fourth-order valence-electron chi connectivity index (χ4n) is 2.04. The number of carbonyl (C=O) groups excluding carboxylic acids is 1. The Kier molecular flexibility index (Phi) is 7.30. The van der Waals surface area contributed by atoms with E-state index in [1.165, 1.54) is 0 Å². The largest absolute Gasteiger partial charge is 0.465 e. The molecule has 0 radical (unpaired) electrons. The van der Waals surface area contributed by atoms with Gasteiger partial charge in [-0.05, 0) is 39.3 Å². The molecular weight excluding hydrogens is 254 g/mol. The Morgan fingerprint density at radius 1 is 1.45 bits per heavy atom. The zero-order valence-electron chi connectivity index (χ0n) is 13.1. The van der Waals surface area contributed by atoms with Gasteiger partial charge in [0, 0.05) is 18.8 Å². The molecule has 1 atom stereocenters. The third kappa shape index (κ3) is 5.33. The summed E-state index contributed by atoms with van der Waals surface area (Å²) in [5.41, 5.74) is 1.00. The minimum absolute atomic E-state index is 0.165. The van der Waals surface area contributed by atoms with E-state index in [0.717, 1.165) is 25.1 Å². The molecule has 5 nitrogen and oxygen atoms in total. The van der Waals surface area contributed by atoms with Gasteiger partial charge in [0.2, 0.25) is 0 Å². The molecular formula is C15H27N3O2. The van der Waals surface area contributed by atoms with E-state index >= 15 is 0 Å². The fourth-order valence-corrected chi connectivity index (χ4v) is 2.04. The lowest BCUT2D eigenvalue weighted by atomic mass is 10.3. The van der Waals surface area contributed by atoms with Crippen molar-refractivity contribution in [2.75, 3.05) is 19.7 Å². The van der Waals surface area contributed by atoms with Crippen molar-refractivity contribution in [1.29, 1.82) is 0 Å². The number of rotatable bonds is 9. The average molecular weight is 281 g/mol. The first-order valence-electron chi connectivity index (χ1n) is 7.52. The van der Waals surface area contributed by atoms with E-state index in [4.69, 9.17) is 4.74 Å². The highest BCUT2D eigenvalue weighted by molar-refractivity contribution is 5.71. The number of hydrogen-bond acceptors (Lipinski definition) is 4. The maximum absolute atomic E-state index is 11.6. The molecule has 0 spiro atoms. The van der Waals surface area contributed by atoms with Gasteiger partial charge in [0.25, 0.3) is 0 Å². The predicted octanol–water partition coefficient (Wildman–Crippen LogP) is 2.63. The zero-order valence-corrected chi connectivity index (χ0v) is 13.1. The summed E-state index contributed by atoms with van der Waals surface area (Å²) in [6.45, 7) is 10.6. The second-order valence-electron chi connectivity index (χ2n) is 5.06. The number of ether oxygens (including phenoxy) is 1. The summed E-state index contributed by atoms with van der Waals surface area (Å²) in [6, 6.07) is 2.44. The Labute approximate surface area is 121 Å². The van der Waals surface area contributed by atoms with Crippen molar-refractivity contribution in [3.05, 3.63) is 18.0 Å². The highest BCUT2D eigenvalue weighted by Gasteiger charge is 2.13. The molecule has 0 saturated carbocycles. The van der Waals surface area contributed by atoms with E-state index in [1.807, 2.05) is 23.9 Å². The molecule has 114 valence electrons. The molecule has 0 saturated heterocycles. The van der Waals surface area contributed by atoms with Crippen molar-refractivity contribution in [2.45, 2.75) is 53.1 Å². The molecule has 0 N–H and O–H groups in total. The molecule has 5 heteroatoms. The molecule has 1 aromatic heterocycles. The van der Waals surface area contributed by atoms with Crippen LogP contribution in [0.25, 0.3) is 0 Å². The predicted molar refractivity (Wildman–Crippen MR) is 79.4 cm³/mol. The van der Waals surface area contributed by atoms with Gasteiger partial charge in [0.15, 0.2) is 0 Å². The summed E-state index contributed by atoms with van der Waals surface area (Å²) in [6.07, 6.45) is 4.08. The zero-order chi connectivity index (χ0) is 15.0. The SMILES string of the molecule is CCCN(CC(=O)OCC)Cc1ccn(C(C)CC)n1. The van der Waals surface area contributed by atoms with E-state index < -0.39 is 0 Å². The first-order valence-corrected chi connectivity index (χ1v) is 7.52. The van der Waals surface area contributed by atoms with Crippen molar-refractivity contribution in [3.63, 3.8) is 0 Å². The summed E-state index contributed by atoms with van der Waals surface area (Å²) in [4.78, 5) is 13.7. The van der Waals surface area contributed by atoms with Crippen LogP contribution in [0.15, 0.2) is 12.3 Å². The van der Waals surface area contributed by atoms with Crippen molar-refractivity contribution in [1.82, 2.24) is 14.7 Å². The van der Waals surface area contributed by atoms with E-state index in [2.05, 4.69) is 30.8 Å². The van der Waals surface area contributed by atoms with Gasteiger partial charge in [-0.3, -0.25) is 14.4 Å². The first kappa shape index (κ1) is 16.7. The topological polar surface area (TPSA) is 47.4 Å². The van der Waals surface area contributed by atoms with Gasteiger partial charge >= 0.3 is 5.97 Å². The van der Waals surface area contributed by atoms with Gasteiger partial charge in [-0.1, -0.05) is 13.8 Å². The third-order valence-electron chi connectivity index (χ3n) is 3.29. The molecule has 1 heterocycles. The Morgan fingerprint density at radius 2 is 2.20 bits per heavy atom.